The number of sulfonamides is 1. The van der Waals surface area contributed by atoms with Crippen LogP contribution in [-0.4, -0.2) is 37.8 Å². The Bertz CT molecular complexity index is 791. The summed E-state index contributed by atoms with van der Waals surface area (Å²) in [6.07, 6.45) is 1.25. The van der Waals surface area contributed by atoms with Crippen molar-refractivity contribution in [3.8, 4) is 0 Å². The first-order chi connectivity index (χ1) is 11.5. The van der Waals surface area contributed by atoms with Crippen LogP contribution in [0, 0.1) is 6.92 Å². The van der Waals surface area contributed by atoms with E-state index < -0.39 is 10.0 Å². The number of hydrogen-bond donors (Lipinski definition) is 1. The third kappa shape index (κ3) is 3.68. The highest BCUT2D eigenvalue weighted by Crippen LogP contribution is 2.21. The molecule has 0 bridgehead atoms. The molecule has 2 aromatic rings. The Morgan fingerprint density at radius 1 is 1.17 bits per heavy atom. The molecule has 24 heavy (non-hydrogen) atoms. The monoisotopic (exact) mass is 364 g/mol. The molecular weight excluding hydrogens is 344 g/mol. The normalized spacial score (nSPS) is 16.9. The second kappa shape index (κ2) is 7.04. The van der Waals surface area contributed by atoms with Crippen molar-refractivity contribution in [3.63, 3.8) is 0 Å². The summed E-state index contributed by atoms with van der Waals surface area (Å²) in [4.78, 5) is 13.1. The minimum Gasteiger partial charge on any atom is -0.349 e. The van der Waals surface area contributed by atoms with Crippen LogP contribution in [0.5, 0.6) is 0 Å². The number of nitrogens with zero attached hydrogens (tertiary/aromatic N) is 1. The number of nitrogens with one attached hydrogen (secondary N) is 1. The predicted octanol–water partition coefficient (Wildman–Crippen LogP) is 2.64. The van der Waals surface area contributed by atoms with Crippen molar-refractivity contribution in [3.05, 3.63) is 52.2 Å². The number of rotatable bonds is 4. The lowest BCUT2D eigenvalue weighted by Crippen LogP contribution is -2.46. The highest BCUT2D eigenvalue weighted by Gasteiger charge is 2.30. The topological polar surface area (TPSA) is 66.5 Å². The highest BCUT2D eigenvalue weighted by molar-refractivity contribution is 7.89. The Hall–Kier alpha value is -1.70. The molecular formula is C17H20N2O3S2. The SMILES string of the molecule is Cc1ccc(S(=O)(=O)N2CCC(NC(=O)c3cccs3)CC2)cc1. The van der Waals surface area contributed by atoms with Crippen LogP contribution >= 0.6 is 11.3 Å². The van der Waals surface area contributed by atoms with Gasteiger partial charge >= 0.3 is 0 Å². The Labute approximate surface area is 146 Å². The van der Waals surface area contributed by atoms with Crippen molar-refractivity contribution in [1.29, 1.82) is 0 Å². The molecule has 128 valence electrons. The zero-order valence-corrected chi connectivity index (χ0v) is 15.1. The first-order valence-corrected chi connectivity index (χ1v) is 10.2. The molecule has 0 atom stereocenters. The van der Waals surface area contributed by atoms with Gasteiger partial charge in [0.25, 0.3) is 5.91 Å². The Morgan fingerprint density at radius 2 is 1.83 bits per heavy atom. The van der Waals surface area contributed by atoms with Crippen LogP contribution in [0.25, 0.3) is 0 Å². The number of carbonyl (C=O) groups is 1. The maximum absolute atomic E-state index is 12.7. The molecule has 1 N–H and O–H groups in total. The summed E-state index contributed by atoms with van der Waals surface area (Å²) >= 11 is 1.40. The molecule has 0 saturated carbocycles. The van der Waals surface area contributed by atoms with Crippen LogP contribution in [0.2, 0.25) is 0 Å². The van der Waals surface area contributed by atoms with E-state index in [-0.39, 0.29) is 11.9 Å². The van der Waals surface area contributed by atoms with Crippen LogP contribution in [0.3, 0.4) is 0 Å². The third-order valence-electron chi connectivity index (χ3n) is 4.19. The fraction of sp³-hybridized carbons (Fsp3) is 0.353. The molecule has 1 aliphatic rings. The lowest BCUT2D eigenvalue weighted by Gasteiger charge is -2.31. The molecule has 3 rings (SSSR count). The van der Waals surface area contributed by atoms with Crippen molar-refractivity contribution < 1.29 is 13.2 Å². The molecule has 0 spiro atoms. The van der Waals surface area contributed by atoms with Crippen molar-refractivity contribution in [2.45, 2.75) is 30.7 Å². The highest BCUT2D eigenvalue weighted by atomic mass is 32.2. The van der Waals surface area contributed by atoms with Gasteiger partial charge in [-0.05, 0) is 43.3 Å². The molecule has 1 fully saturated rings. The van der Waals surface area contributed by atoms with Crippen LogP contribution in [-0.2, 0) is 10.0 Å². The maximum atomic E-state index is 12.7. The molecule has 7 heteroatoms. The number of thiophene rings is 1. The molecule has 1 aromatic carbocycles. The van der Waals surface area contributed by atoms with Gasteiger partial charge in [0, 0.05) is 19.1 Å². The van der Waals surface area contributed by atoms with E-state index in [1.807, 2.05) is 18.4 Å². The van der Waals surface area contributed by atoms with E-state index in [0.29, 0.717) is 35.7 Å². The van der Waals surface area contributed by atoms with Gasteiger partial charge < -0.3 is 5.32 Å². The molecule has 2 heterocycles. The standard InChI is InChI=1S/C17H20N2O3S2/c1-13-4-6-15(7-5-13)24(21,22)19-10-8-14(9-11-19)18-17(20)16-3-2-12-23-16/h2-7,12,14H,8-11H2,1H3,(H,18,20). The molecule has 5 nitrogen and oxygen atoms in total. The van der Waals surface area contributed by atoms with Crippen molar-refractivity contribution in [2.24, 2.45) is 0 Å². The van der Waals surface area contributed by atoms with Gasteiger partial charge in [-0.15, -0.1) is 11.3 Å². The van der Waals surface area contributed by atoms with E-state index in [2.05, 4.69) is 5.32 Å². The van der Waals surface area contributed by atoms with Gasteiger partial charge in [-0.25, -0.2) is 8.42 Å². The number of piperidine rings is 1. The van der Waals surface area contributed by atoms with E-state index in [0.717, 1.165) is 5.56 Å². The molecule has 1 saturated heterocycles. The number of carbonyl (C=O) groups excluding carboxylic acids is 1. The zero-order chi connectivity index (χ0) is 17.2. The molecule has 1 amide bonds. The second-order valence-electron chi connectivity index (χ2n) is 5.94. The number of amides is 1. The molecule has 0 unspecified atom stereocenters. The number of hydrogen-bond acceptors (Lipinski definition) is 4. The Kier molecular flexibility index (Phi) is 5.03. The van der Waals surface area contributed by atoms with E-state index in [4.69, 9.17) is 0 Å². The summed E-state index contributed by atoms with van der Waals surface area (Å²) in [6.45, 7) is 2.77. The van der Waals surface area contributed by atoms with E-state index in [9.17, 15) is 13.2 Å². The fourth-order valence-electron chi connectivity index (χ4n) is 2.76. The Morgan fingerprint density at radius 3 is 2.42 bits per heavy atom. The largest absolute Gasteiger partial charge is 0.349 e. The lowest BCUT2D eigenvalue weighted by molar-refractivity contribution is 0.0928. The average Bonchev–Trinajstić information content (AvgIpc) is 3.10. The van der Waals surface area contributed by atoms with Gasteiger partial charge in [0.1, 0.15) is 0 Å². The van der Waals surface area contributed by atoms with Gasteiger partial charge in [-0.1, -0.05) is 23.8 Å². The van der Waals surface area contributed by atoms with E-state index in [1.165, 1.54) is 15.6 Å². The smallest absolute Gasteiger partial charge is 0.261 e. The molecule has 1 aliphatic heterocycles. The average molecular weight is 364 g/mol. The molecule has 1 aromatic heterocycles. The van der Waals surface area contributed by atoms with Crippen molar-refractivity contribution >= 4 is 27.3 Å². The minimum absolute atomic E-state index is 0.0177. The molecule has 0 radical (unpaired) electrons. The van der Waals surface area contributed by atoms with Crippen LogP contribution in [0.15, 0.2) is 46.7 Å². The summed E-state index contributed by atoms with van der Waals surface area (Å²) < 4.78 is 26.8. The van der Waals surface area contributed by atoms with Crippen molar-refractivity contribution in [2.75, 3.05) is 13.1 Å². The summed E-state index contributed by atoms with van der Waals surface area (Å²) in [7, 11) is -3.45. The minimum atomic E-state index is -3.45. The van der Waals surface area contributed by atoms with Crippen LogP contribution in [0.4, 0.5) is 0 Å². The fourth-order valence-corrected chi connectivity index (χ4v) is 4.86. The van der Waals surface area contributed by atoms with Crippen LogP contribution in [0.1, 0.15) is 28.1 Å². The summed E-state index contributed by atoms with van der Waals surface area (Å²) in [6, 6.07) is 10.6. The van der Waals surface area contributed by atoms with Gasteiger partial charge in [-0.2, -0.15) is 4.31 Å². The number of aryl methyl sites for hydroxylation is 1. The van der Waals surface area contributed by atoms with Crippen molar-refractivity contribution in [1.82, 2.24) is 9.62 Å². The van der Waals surface area contributed by atoms with E-state index in [1.54, 1.807) is 30.3 Å². The summed E-state index contributed by atoms with van der Waals surface area (Å²) in [5, 5.41) is 4.86. The molecule has 0 aliphatic carbocycles. The van der Waals surface area contributed by atoms with E-state index >= 15 is 0 Å². The predicted molar refractivity (Wildman–Crippen MR) is 94.7 cm³/mol. The first-order valence-electron chi connectivity index (χ1n) is 7.88. The second-order valence-corrected chi connectivity index (χ2v) is 8.83. The summed E-state index contributed by atoms with van der Waals surface area (Å²) in [5.74, 6) is -0.0789. The quantitative estimate of drug-likeness (QED) is 0.907. The zero-order valence-electron chi connectivity index (χ0n) is 13.4. The first kappa shape index (κ1) is 17.1. The van der Waals surface area contributed by atoms with Gasteiger partial charge in [0.2, 0.25) is 10.0 Å². The lowest BCUT2D eigenvalue weighted by atomic mass is 10.1. The van der Waals surface area contributed by atoms with Crippen LogP contribution < -0.4 is 5.32 Å². The third-order valence-corrected chi connectivity index (χ3v) is 6.97. The number of benzene rings is 1. The van der Waals surface area contributed by atoms with Gasteiger partial charge in [0.15, 0.2) is 0 Å². The Balaban J connectivity index is 1.60. The summed E-state index contributed by atoms with van der Waals surface area (Å²) in [5.41, 5.74) is 1.03. The van der Waals surface area contributed by atoms with Gasteiger partial charge in [-0.3, -0.25) is 4.79 Å². The maximum Gasteiger partial charge on any atom is 0.261 e. The van der Waals surface area contributed by atoms with Gasteiger partial charge in [0.05, 0.1) is 9.77 Å².